The van der Waals surface area contributed by atoms with Crippen LogP contribution >= 0.6 is 0 Å². The highest BCUT2D eigenvalue weighted by atomic mass is 16.5. The maximum atomic E-state index is 11.9. The van der Waals surface area contributed by atoms with Gasteiger partial charge in [0.25, 0.3) is 6.20 Å². The average molecular weight is 323 g/mol. The van der Waals surface area contributed by atoms with Crippen molar-refractivity contribution in [2.45, 2.75) is 6.92 Å². The fourth-order valence-electron chi connectivity index (χ4n) is 1.97. The number of benzene rings is 1. The molecule has 2 aromatic heterocycles. The molecule has 3 aromatic rings. The summed E-state index contributed by atoms with van der Waals surface area (Å²) in [4.78, 5) is 14.9. The lowest BCUT2D eigenvalue weighted by Gasteiger charge is -2.07. The van der Waals surface area contributed by atoms with Gasteiger partial charge in [-0.05, 0) is 52.3 Å². The van der Waals surface area contributed by atoms with E-state index in [9.17, 15) is 9.90 Å². The molecule has 0 aliphatic carbocycles. The number of pyridine rings is 1. The number of aromatic amines is 1. The van der Waals surface area contributed by atoms with Crippen LogP contribution in [0.15, 0.2) is 74.5 Å². The second-order valence-corrected chi connectivity index (χ2v) is 4.88. The highest BCUT2D eigenvalue weighted by molar-refractivity contribution is 5.99. The zero-order chi connectivity index (χ0) is 16.9. The molecule has 0 amide bonds. The molecule has 0 aliphatic rings. The van der Waals surface area contributed by atoms with E-state index >= 15 is 0 Å². The first-order valence-electron chi connectivity index (χ1n) is 7.04. The fourth-order valence-corrected chi connectivity index (χ4v) is 1.97. The SMILES string of the molecule is C/C(=N\N=C(/[O-])c1ccncc1)c1ccc(-[n+]2cc(=O)o[nH]2)cc1. The van der Waals surface area contributed by atoms with E-state index in [2.05, 4.69) is 25.0 Å². The van der Waals surface area contributed by atoms with E-state index in [-0.39, 0.29) is 0 Å². The van der Waals surface area contributed by atoms with Crippen molar-refractivity contribution in [3.8, 4) is 5.69 Å². The summed E-state index contributed by atoms with van der Waals surface area (Å²) < 4.78 is 6.06. The van der Waals surface area contributed by atoms with Crippen molar-refractivity contribution in [2.24, 2.45) is 10.2 Å². The van der Waals surface area contributed by atoms with E-state index in [0.29, 0.717) is 11.3 Å². The Morgan fingerprint density at radius 1 is 1.12 bits per heavy atom. The molecule has 0 atom stereocenters. The van der Waals surface area contributed by atoms with Crippen LogP contribution < -0.4 is 15.4 Å². The van der Waals surface area contributed by atoms with Gasteiger partial charge in [-0.15, -0.1) is 0 Å². The Morgan fingerprint density at radius 3 is 2.46 bits per heavy atom. The normalized spacial score (nSPS) is 12.4. The van der Waals surface area contributed by atoms with Gasteiger partial charge in [0.15, 0.2) is 0 Å². The van der Waals surface area contributed by atoms with Gasteiger partial charge in [0, 0.05) is 30.4 Å². The Labute approximate surface area is 136 Å². The number of aromatic nitrogens is 3. The predicted octanol–water partition coefficient (Wildman–Crippen LogP) is 0.171. The van der Waals surface area contributed by atoms with Crippen LogP contribution in [0.3, 0.4) is 0 Å². The minimum absolute atomic E-state index is 0.428. The van der Waals surface area contributed by atoms with Gasteiger partial charge < -0.3 is 5.11 Å². The van der Waals surface area contributed by atoms with Crippen molar-refractivity contribution in [3.05, 3.63) is 76.5 Å². The molecule has 1 aromatic carbocycles. The molecule has 0 radical (unpaired) electrons. The molecule has 0 spiro atoms. The third-order valence-corrected chi connectivity index (χ3v) is 3.26. The number of nitrogens with one attached hydrogen (secondary N) is 1. The molecule has 8 nitrogen and oxygen atoms in total. The van der Waals surface area contributed by atoms with E-state index in [1.165, 1.54) is 23.3 Å². The molecule has 0 bridgehead atoms. The van der Waals surface area contributed by atoms with E-state index < -0.39 is 11.5 Å². The first-order chi connectivity index (χ1) is 11.6. The first-order valence-corrected chi connectivity index (χ1v) is 7.04. The standard InChI is InChI=1S/C16H13N5O3/c1-11(18-19-16(23)13-6-8-17-9-7-13)12-2-4-14(5-3-12)21-10-15(22)24-20-21/h2-10H,1H3,(H-,19,20,22,23). The monoisotopic (exact) mass is 323 g/mol. The van der Waals surface area contributed by atoms with Gasteiger partial charge >= 0.3 is 5.63 Å². The molecule has 120 valence electrons. The van der Waals surface area contributed by atoms with Crippen LogP contribution in [0.5, 0.6) is 0 Å². The average Bonchev–Trinajstić information content (AvgIpc) is 3.06. The van der Waals surface area contributed by atoms with Crippen molar-refractivity contribution in [1.82, 2.24) is 10.3 Å². The minimum atomic E-state index is -0.467. The lowest BCUT2D eigenvalue weighted by Crippen LogP contribution is -2.32. The van der Waals surface area contributed by atoms with Crippen LogP contribution in [0, 0.1) is 0 Å². The van der Waals surface area contributed by atoms with Gasteiger partial charge in [0.2, 0.25) is 5.69 Å². The van der Waals surface area contributed by atoms with E-state index in [4.69, 9.17) is 0 Å². The van der Waals surface area contributed by atoms with Crippen molar-refractivity contribution in [3.63, 3.8) is 0 Å². The quantitative estimate of drug-likeness (QED) is 0.319. The van der Waals surface area contributed by atoms with Crippen LogP contribution in [-0.2, 0) is 0 Å². The Kier molecular flexibility index (Phi) is 4.28. The van der Waals surface area contributed by atoms with Crippen LogP contribution in [0.2, 0.25) is 0 Å². The van der Waals surface area contributed by atoms with Crippen LogP contribution in [0.4, 0.5) is 0 Å². The Hall–Kier alpha value is -3.55. The summed E-state index contributed by atoms with van der Waals surface area (Å²) in [6, 6.07) is 10.3. The highest BCUT2D eigenvalue weighted by Crippen LogP contribution is 2.06. The molecule has 1 N–H and O–H groups in total. The summed E-state index contributed by atoms with van der Waals surface area (Å²) in [5.41, 5.74) is 2.08. The number of H-pyrrole nitrogens is 1. The van der Waals surface area contributed by atoms with Crippen molar-refractivity contribution in [2.75, 3.05) is 0 Å². The van der Waals surface area contributed by atoms with Gasteiger partial charge in [0.05, 0.1) is 5.71 Å². The van der Waals surface area contributed by atoms with Gasteiger partial charge in [0.1, 0.15) is 0 Å². The van der Waals surface area contributed by atoms with Crippen molar-refractivity contribution >= 4 is 11.6 Å². The zero-order valence-electron chi connectivity index (χ0n) is 12.7. The summed E-state index contributed by atoms with van der Waals surface area (Å²) in [7, 11) is 0. The maximum absolute atomic E-state index is 11.9. The number of hydrogen-bond donors (Lipinski definition) is 1. The lowest BCUT2D eigenvalue weighted by molar-refractivity contribution is -0.670. The van der Waals surface area contributed by atoms with Gasteiger partial charge in [-0.25, -0.2) is 4.79 Å². The molecule has 8 heteroatoms. The molecular formula is C16H13N5O3. The third-order valence-electron chi connectivity index (χ3n) is 3.26. The third kappa shape index (κ3) is 3.43. The Morgan fingerprint density at radius 2 is 1.83 bits per heavy atom. The van der Waals surface area contributed by atoms with Crippen LogP contribution in [0.1, 0.15) is 18.1 Å². The number of nitrogens with zero attached hydrogens (tertiary/aromatic N) is 4. The predicted molar refractivity (Wildman–Crippen MR) is 83.8 cm³/mol. The summed E-state index contributed by atoms with van der Waals surface area (Å²) in [6.07, 6.45) is 4.34. The van der Waals surface area contributed by atoms with Crippen LogP contribution in [-0.4, -0.2) is 21.9 Å². The molecule has 3 rings (SSSR count). The molecule has 24 heavy (non-hydrogen) atoms. The lowest BCUT2D eigenvalue weighted by atomic mass is 10.1. The topological polar surface area (TPSA) is 111 Å². The molecule has 0 saturated heterocycles. The molecule has 2 heterocycles. The van der Waals surface area contributed by atoms with Gasteiger partial charge in [-0.3, -0.25) is 9.51 Å². The maximum Gasteiger partial charge on any atom is 0.427 e. The first kappa shape index (κ1) is 15.3. The second kappa shape index (κ2) is 6.69. The fraction of sp³-hybridized carbons (Fsp3) is 0.0625. The molecular weight excluding hydrogens is 310 g/mol. The summed E-state index contributed by atoms with van der Waals surface area (Å²) in [6.45, 7) is 1.76. The molecule has 0 fully saturated rings. The molecule has 0 unspecified atom stereocenters. The zero-order valence-corrected chi connectivity index (χ0v) is 12.7. The Balaban J connectivity index is 1.79. The smallest absolute Gasteiger partial charge is 0.427 e. The minimum Gasteiger partial charge on any atom is -0.857 e. The van der Waals surface area contributed by atoms with Gasteiger partial charge in [-0.1, -0.05) is 0 Å². The number of hydrogen-bond acceptors (Lipinski definition) is 6. The van der Waals surface area contributed by atoms with Crippen LogP contribution in [0.25, 0.3) is 5.69 Å². The van der Waals surface area contributed by atoms with E-state index in [1.807, 2.05) is 0 Å². The van der Waals surface area contributed by atoms with Crippen molar-refractivity contribution < 1.29 is 14.3 Å². The van der Waals surface area contributed by atoms with Gasteiger partial charge in [-0.2, -0.15) is 10.2 Å². The Bertz CT molecular complexity index is 940. The molecule has 0 saturated carbocycles. The second-order valence-electron chi connectivity index (χ2n) is 4.88. The summed E-state index contributed by atoms with van der Waals surface area (Å²) in [5, 5.41) is 22.0. The summed E-state index contributed by atoms with van der Waals surface area (Å²) >= 11 is 0. The van der Waals surface area contributed by atoms with E-state index in [0.717, 1.165) is 11.3 Å². The molecule has 0 aliphatic heterocycles. The largest absolute Gasteiger partial charge is 0.857 e. The van der Waals surface area contributed by atoms with Crippen molar-refractivity contribution in [1.29, 1.82) is 0 Å². The number of rotatable bonds is 4. The summed E-state index contributed by atoms with van der Waals surface area (Å²) in [5.74, 6) is -0.431. The van der Waals surface area contributed by atoms with E-state index in [1.54, 1.807) is 43.3 Å². The highest BCUT2D eigenvalue weighted by Gasteiger charge is 2.10.